The molecule has 0 spiro atoms. The number of rotatable bonds is 6. The Labute approximate surface area is 157 Å². The van der Waals surface area contributed by atoms with Gasteiger partial charge in [0.15, 0.2) is 11.5 Å². The predicted molar refractivity (Wildman–Crippen MR) is 101 cm³/mol. The summed E-state index contributed by atoms with van der Waals surface area (Å²) in [6.07, 6.45) is 3.48. The number of ether oxygens (including phenoxy) is 2. The Morgan fingerprint density at radius 3 is 2.22 bits per heavy atom. The summed E-state index contributed by atoms with van der Waals surface area (Å²) >= 11 is 0. The van der Waals surface area contributed by atoms with Gasteiger partial charge in [-0.2, -0.15) is 0 Å². The highest BCUT2D eigenvalue weighted by atomic mass is 16.5. The molecule has 1 amide bonds. The third kappa shape index (κ3) is 3.79. The maximum absolute atomic E-state index is 12.4. The van der Waals surface area contributed by atoms with Crippen LogP contribution in [0.2, 0.25) is 0 Å². The third-order valence-electron chi connectivity index (χ3n) is 4.71. The molecule has 0 atom stereocenters. The van der Waals surface area contributed by atoms with E-state index in [2.05, 4.69) is 5.32 Å². The Morgan fingerprint density at radius 2 is 1.67 bits per heavy atom. The first kappa shape index (κ1) is 18.5. The summed E-state index contributed by atoms with van der Waals surface area (Å²) < 4.78 is 10.4. The van der Waals surface area contributed by atoms with Crippen molar-refractivity contribution < 1.29 is 24.2 Å². The van der Waals surface area contributed by atoms with Crippen molar-refractivity contribution in [3.8, 4) is 11.5 Å². The van der Waals surface area contributed by atoms with Crippen LogP contribution in [0.3, 0.4) is 0 Å². The first-order chi connectivity index (χ1) is 13.0. The van der Waals surface area contributed by atoms with Crippen molar-refractivity contribution in [1.29, 1.82) is 0 Å². The second-order valence-corrected chi connectivity index (χ2v) is 6.45. The van der Waals surface area contributed by atoms with Crippen molar-refractivity contribution in [1.82, 2.24) is 5.32 Å². The second kappa shape index (κ2) is 7.53. The lowest BCUT2D eigenvalue weighted by atomic mass is 9.95. The molecule has 0 aliphatic heterocycles. The molecule has 0 fully saturated rings. The number of methoxy groups -OCH3 is 2. The molecular weight excluding hydrogens is 346 g/mol. The van der Waals surface area contributed by atoms with Crippen molar-refractivity contribution in [3.05, 3.63) is 65.2 Å². The quantitative estimate of drug-likeness (QED) is 0.766. The number of nitrogens with one attached hydrogen (secondary N) is 1. The monoisotopic (exact) mass is 367 g/mol. The van der Waals surface area contributed by atoms with Crippen LogP contribution in [0.5, 0.6) is 11.5 Å². The van der Waals surface area contributed by atoms with E-state index in [-0.39, 0.29) is 12.8 Å². The zero-order valence-corrected chi connectivity index (χ0v) is 15.2. The molecule has 27 heavy (non-hydrogen) atoms. The fourth-order valence-corrected chi connectivity index (χ4v) is 3.31. The molecule has 140 valence electrons. The predicted octanol–water partition coefficient (Wildman–Crippen LogP) is 2.46. The van der Waals surface area contributed by atoms with E-state index >= 15 is 0 Å². The number of hydrogen-bond acceptors (Lipinski definition) is 4. The summed E-state index contributed by atoms with van der Waals surface area (Å²) in [5.41, 5.74) is 1.32. The molecule has 1 aliphatic rings. The lowest BCUT2D eigenvalue weighted by Crippen LogP contribution is -2.55. The normalized spacial score (nSPS) is 14.6. The van der Waals surface area contributed by atoms with E-state index in [1.807, 2.05) is 24.3 Å². The highest BCUT2D eigenvalue weighted by Crippen LogP contribution is 2.31. The fourth-order valence-electron chi connectivity index (χ4n) is 3.31. The number of carboxylic acid groups (broad SMARTS) is 1. The summed E-state index contributed by atoms with van der Waals surface area (Å²) in [5, 5.41) is 12.4. The number of carboxylic acids is 1. The summed E-state index contributed by atoms with van der Waals surface area (Å²) in [5.74, 6) is -0.354. The van der Waals surface area contributed by atoms with Gasteiger partial charge < -0.3 is 19.9 Å². The number of aliphatic carboxylic acids is 1. The third-order valence-corrected chi connectivity index (χ3v) is 4.71. The molecule has 0 bridgehead atoms. The van der Waals surface area contributed by atoms with Gasteiger partial charge in [-0.3, -0.25) is 4.79 Å². The van der Waals surface area contributed by atoms with E-state index in [1.165, 1.54) is 13.2 Å². The van der Waals surface area contributed by atoms with E-state index < -0.39 is 17.4 Å². The van der Waals surface area contributed by atoms with E-state index in [0.717, 1.165) is 16.7 Å². The van der Waals surface area contributed by atoms with E-state index in [0.29, 0.717) is 11.5 Å². The van der Waals surface area contributed by atoms with Gasteiger partial charge in [0, 0.05) is 18.9 Å². The van der Waals surface area contributed by atoms with Crippen LogP contribution in [0.1, 0.15) is 16.7 Å². The molecule has 0 radical (unpaired) electrons. The minimum atomic E-state index is -1.32. The molecule has 3 rings (SSSR count). The van der Waals surface area contributed by atoms with Crippen LogP contribution in [-0.4, -0.2) is 36.7 Å². The lowest BCUT2D eigenvalue weighted by molar-refractivity contribution is -0.146. The molecule has 0 aromatic heterocycles. The fraction of sp³-hybridized carbons (Fsp3) is 0.238. The van der Waals surface area contributed by atoms with E-state index in [1.54, 1.807) is 31.4 Å². The van der Waals surface area contributed by atoms with Crippen LogP contribution >= 0.6 is 0 Å². The number of carbonyl (C=O) groups is 2. The minimum Gasteiger partial charge on any atom is -0.493 e. The molecule has 1 aliphatic carbocycles. The van der Waals surface area contributed by atoms with Crippen molar-refractivity contribution in [2.75, 3.05) is 14.2 Å². The second-order valence-electron chi connectivity index (χ2n) is 6.45. The van der Waals surface area contributed by atoms with Gasteiger partial charge >= 0.3 is 5.97 Å². The zero-order chi connectivity index (χ0) is 19.4. The molecule has 6 nitrogen and oxygen atoms in total. The van der Waals surface area contributed by atoms with Gasteiger partial charge in [-0.15, -0.1) is 0 Å². The summed E-state index contributed by atoms with van der Waals surface area (Å²) in [7, 11) is 3.08. The van der Waals surface area contributed by atoms with Crippen molar-refractivity contribution in [3.63, 3.8) is 0 Å². The molecule has 2 aromatic rings. The van der Waals surface area contributed by atoms with Crippen molar-refractivity contribution in [2.45, 2.75) is 18.4 Å². The average molecular weight is 367 g/mol. The van der Waals surface area contributed by atoms with Gasteiger partial charge in [-0.1, -0.05) is 30.3 Å². The largest absolute Gasteiger partial charge is 0.493 e. The van der Waals surface area contributed by atoms with E-state index in [9.17, 15) is 14.7 Å². The topological polar surface area (TPSA) is 84.9 Å². The van der Waals surface area contributed by atoms with E-state index in [4.69, 9.17) is 9.47 Å². The average Bonchev–Trinajstić information content (AvgIpc) is 3.05. The molecule has 6 heteroatoms. The number of amides is 1. The number of hydrogen-bond donors (Lipinski definition) is 2. The van der Waals surface area contributed by atoms with Gasteiger partial charge in [0.05, 0.1) is 14.2 Å². The van der Waals surface area contributed by atoms with Crippen molar-refractivity contribution in [2.24, 2.45) is 0 Å². The van der Waals surface area contributed by atoms with Gasteiger partial charge in [-0.05, 0) is 34.9 Å². The Bertz CT molecular complexity index is 878. The molecule has 0 unspecified atom stereocenters. The van der Waals surface area contributed by atoms with Crippen LogP contribution in [0.4, 0.5) is 0 Å². The van der Waals surface area contributed by atoms with Crippen LogP contribution in [-0.2, 0) is 22.4 Å². The van der Waals surface area contributed by atoms with Crippen LogP contribution in [0, 0.1) is 0 Å². The SMILES string of the molecule is COc1ccc(/C=C/C(=O)NC2(C(=O)O)Cc3ccccc3C2)cc1OC. The number of carbonyl (C=O) groups excluding carboxylic acids is 1. The molecule has 2 aromatic carbocycles. The Morgan fingerprint density at radius 1 is 1.04 bits per heavy atom. The first-order valence-electron chi connectivity index (χ1n) is 8.50. The molecule has 0 saturated heterocycles. The smallest absolute Gasteiger partial charge is 0.330 e. The van der Waals surface area contributed by atoms with Crippen LogP contribution < -0.4 is 14.8 Å². The summed E-state index contributed by atoms with van der Waals surface area (Å²) in [6.45, 7) is 0. The van der Waals surface area contributed by atoms with Gasteiger partial charge in [0.2, 0.25) is 5.91 Å². The van der Waals surface area contributed by atoms with Gasteiger partial charge in [-0.25, -0.2) is 4.79 Å². The van der Waals surface area contributed by atoms with Crippen LogP contribution in [0.25, 0.3) is 6.08 Å². The van der Waals surface area contributed by atoms with Gasteiger partial charge in [0.1, 0.15) is 5.54 Å². The minimum absolute atomic E-state index is 0.272. The Hall–Kier alpha value is -3.28. The van der Waals surface area contributed by atoms with Crippen LogP contribution in [0.15, 0.2) is 48.5 Å². The molecule has 0 saturated carbocycles. The molecular formula is C21H21NO5. The molecule has 0 heterocycles. The summed E-state index contributed by atoms with van der Waals surface area (Å²) in [6, 6.07) is 12.8. The Kier molecular flexibility index (Phi) is 5.16. The molecule has 2 N–H and O–H groups in total. The maximum Gasteiger partial charge on any atom is 0.330 e. The summed E-state index contributed by atoms with van der Waals surface area (Å²) in [4.78, 5) is 24.3. The maximum atomic E-state index is 12.4. The highest BCUT2D eigenvalue weighted by Gasteiger charge is 2.44. The first-order valence-corrected chi connectivity index (χ1v) is 8.50. The standard InChI is InChI=1S/C21H21NO5/c1-26-17-9-7-14(11-18(17)27-2)8-10-19(23)22-21(20(24)25)12-15-5-3-4-6-16(15)13-21/h3-11H,12-13H2,1-2H3,(H,22,23)(H,24,25)/b10-8+. The Balaban J connectivity index is 1.75. The number of fused-ring (bicyclic) bond motifs is 1. The van der Waals surface area contributed by atoms with Crippen molar-refractivity contribution >= 4 is 18.0 Å². The highest BCUT2D eigenvalue weighted by molar-refractivity contribution is 5.96. The number of benzene rings is 2. The van der Waals surface area contributed by atoms with Gasteiger partial charge in [0.25, 0.3) is 0 Å². The lowest BCUT2D eigenvalue weighted by Gasteiger charge is -2.24. The zero-order valence-electron chi connectivity index (χ0n) is 15.2.